The van der Waals surface area contributed by atoms with E-state index in [9.17, 15) is 4.79 Å². The van der Waals surface area contributed by atoms with Crippen LogP contribution in [0.5, 0.6) is 0 Å². The van der Waals surface area contributed by atoms with Gasteiger partial charge in [0.2, 0.25) is 0 Å². The lowest BCUT2D eigenvalue weighted by Crippen LogP contribution is -2.01. The van der Waals surface area contributed by atoms with Gasteiger partial charge >= 0.3 is 0 Å². The number of hydrogen-bond acceptors (Lipinski definition) is 3. The predicted molar refractivity (Wildman–Crippen MR) is 72.3 cm³/mol. The number of rotatable bonds is 3. The zero-order valence-corrected chi connectivity index (χ0v) is 11.0. The fourth-order valence-corrected chi connectivity index (χ4v) is 0.728. The van der Waals surface area contributed by atoms with Gasteiger partial charge in [0.25, 0.3) is 0 Å². The van der Waals surface area contributed by atoms with Crippen LogP contribution in [0.4, 0.5) is 5.69 Å². The van der Waals surface area contributed by atoms with E-state index in [2.05, 4.69) is 17.6 Å². The van der Waals surface area contributed by atoms with Crippen LogP contribution in [0, 0.1) is 0 Å². The standard InChI is InChI=1S/C8H9NO.C3H9N.C2H6/c1-9-8-4-2-7(6-10)3-5-8;1-3-4-2;1-2/h2-6,9H,1H3;4H,3H2,1-2H3;1-2H3. The van der Waals surface area contributed by atoms with Crippen molar-refractivity contribution in [2.24, 2.45) is 0 Å². The van der Waals surface area contributed by atoms with Crippen molar-refractivity contribution in [1.82, 2.24) is 5.32 Å². The van der Waals surface area contributed by atoms with Gasteiger partial charge in [0.15, 0.2) is 0 Å². The molecule has 16 heavy (non-hydrogen) atoms. The molecule has 0 aliphatic carbocycles. The van der Waals surface area contributed by atoms with E-state index in [4.69, 9.17) is 0 Å². The van der Waals surface area contributed by atoms with Crippen molar-refractivity contribution < 1.29 is 4.79 Å². The normalized spacial score (nSPS) is 7.81. The van der Waals surface area contributed by atoms with Gasteiger partial charge in [0.05, 0.1) is 0 Å². The molecule has 0 saturated heterocycles. The van der Waals surface area contributed by atoms with Crippen LogP contribution in [-0.4, -0.2) is 26.9 Å². The third-order valence-electron chi connectivity index (χ3n) is 1.69. The lowest BCUT2D eigenvalue weighted by atomic mass is 10.2. The van der Waals surface area contributed by atoms with Gasteiger partial charge in [0.1, 0.15) is 6.29 Å². The Morgan fingerprint density at radius 1 is 1.12 bits per heavy atom. The highest BCUT2D eigenvalue weighted by atomic mass is 16.1. The first-order chi connectivity index (χ1) is 7.78. The van der Waals surface area contributed by atoms with Gasteiger partial charge in [-0.2, -0.15) is 0 Å². The Labute approximate surface area is 99.3 Å². The van der Waals surface area contributed by atoms with Gasteiger partial charge in [-0.25, -0.2) is 0 Å². The number of carbonyl (C=O) groups is 1. The number of nitrogens with one attached hydrogen (secondary N) is 2. The van der Waals surface area contributed by atoms with Crippen LogP contribution in [0.15, 0.2) is 24.3 Å². The van der Waals surface area contributed by atoms with Gasteiger partial charge in [-0.1, -0.05) is 20.8 Å². The minimum Gasteiger partial charge on any atom is -0.388 e. The smallest absolute Gasteiger partial charge is 0.150 e. The van der Waals surface area contributed by atoms with E-state index in [1.165, 1.54) is 0 Å². The van der Waals surface area contributed by atoms with E-state index in [0.717, 1.165) is 18.5 Å². The quantitative estimate of drug-likeness (QED) is 0.776. The molecule has 92 valence electrons. The van der Waals surface area contributed by atoms with Crippen LogP contribution >= 0.6 is 0 Å². The highest BCUT2D eigenvalue weighted by Crippen LogP contribution is 2.05. The van der Waals surface area contributed by atoms with Crippen molar-refractivity contribution in [3.05, 3.63) is 29.8 Å². The average Bonchev–Trinajstić information content (AvgIpc) is 2.41. The third-order valence-corrected chi connectivity index (χ3v) is 1.69. The van der Waals surface area contributed by atoms with Crippen molar-refractivity contribution in [3.8, 4) is 0 Å². The summed E-state index contributed by atoms with van der Waals surface area (Å²) in [5.41, 5.74) is 1.73. The van der Waals surface area contributed by atoms with Gasteiger partial charge in [-0.05, 0) is 37.9 Å². The van der Waals surface area contributed by atoms with Gasteiger partial charge in [-0.3, -0.25) is 4.79 Å². The van der Waals surface area contributed by atoms with Crippen molar-refractivity contribution in [2.75, 3.05) is 26.0 Å². The van der Waals surface area contributed by atoms with Crippen LogP contribution in [0.3, 0.4) is 0 Å². The molecule has 0 aliphatic rings. The van der Waals surface area contributed by atoms with E-state index < -0.39 is 0 Å². The lowest BCUT2D eigenvalue weighted by molar-refractivity contribution is 0.112. The van der Waals surface area contributed by atoms with Crippen LogP contribution in [-0.2, 0) is 0 Å². The maximum absolute atomic E-state index is 10.2. The molecule has 0 unspecified atom stereocenters. The summed E-state index contributed by atoms with van der Waals surface area (Å²) in [6.07, 6.45) is 0.833. The molecule has 1 rings (SSSR count). The molecule has 0 fully saturated rings. The molecule has 0 amide bonds. The largest absolute Gasteiger partial charge is 0.388 e. The molecular weight excluding hydrogens is 200 g/mol. The number of carbonyl (C=O) groups excluding carboxylic acids is 1. The van der Waals surface area contributed by atoms with Crippen molar-refractivity contribution >= 4 is 12.0 Å². The van der Waals surface area contributed by atoms with Gasteiger partial charge in [-0.15, -0.1) is 0 Å². The fraction of sp³-hybridized carbons (Fsp3) is 0.462. The molecule has 3 nitrogen and oxygen atoms in total. The molecule has 0 saturated carbocycles. The van der Waals surface area contributed by atoms with Crippen molar-refractivity contribution in [3.63, 3.8) is 0 Å². The van der Waals surface area contributed by atoms with E-state index in [1.807, 2.05) is 40.1 Å². The van der Waals surface area contributed by atoms with E-state index in [0.29, 0.717) is 5.56 Å². The maximum Gasteiger partial charge on any atom is 0.150 e. The monoisotopic (exact) mass is 224 g/mol. The predicted octanol–water partition coefficient (Wildman–Crippen LogP) is 2.79. The summed E-state index contributed by atoms with van der Waals surface area (Å²) in [6, 6.07) is 7.28. The molecule has 1 aromatic carbocycles. The Kier molecular flexibility index (Phi) is 14.6. The van der Waals surface area contributed by atoms with Crippen molar-refractivity contribution in [2.45, 2.75) is 20.8 Å². The molecule has 0 bridgehead atoms. The lowest BCUT2D eigenvalue weighted by Gasteiger charge is -1.97. The first-order valence-electron chi connectivity index (χ1n) is 5.66. The molecule has 0 spiro atoms. The Morgan fingerprint density at radius 2 is 1.56 bits per heavy atom. The van der Waals surface area contributed by atoms with E-state index in [1.54, 1.807) is 12.1 Å². The van der Waals surface area contributed by atoms with Crippen LogP contribution < -0.4 is 10.6 Å². The SMILES string of the molecule is CC.CCNC.CNc1ccc(C=O)cc1. The van der Waals surface area contributed by atoms with Gasteiger partial charge in [0, 0.05) is 18.3 Å². The second-order valence-electron chi connectivity index (χ2n) is 2.70. The second-order valence-corrected chi connectivity index (χ2v) is 2.70. The third kappa shape index (κ3) is 9.21. The Bertz CT molecular complexity index is 243. The minimum atomic E-state index is 0.707. The number of aldehydes is 1. The molecule has 0 aliphatic heterocycles. The number of hydrogen-bond donors (Lipinski definition) is 2. The molecule has 0 atom stereocenters. The summed E-state index contributed by atoms with van der Waals surface area (Å²) in [4.78, 5) is 10.2. The number of anilines is 1. The summed E-state index contributed by atoms with van der Waals surface area (Å²) in [7, 11) is 3.77. The summed E-state index contributed by atoms with van der Waals surface area (Å²) in [5.74, 6) is 0. The molecule has 0 heterocycles. The molecule has 0 aromatic heterocycles. The highest BCUT2D eigenvalue weighted by molar-refractivity contribution is 5.75. The molecular formula is C13H24N2O. The van der Waals surface area contributed by atoms with Crippen LogP contribution in [0.25, 0.3) is 0 Å². The van der Waals surface area contributed by atoms with Gasteiger partial charge < -0.3 is 10.6 Å². The Hall–Kier alpha value is -1.35. The average molecular weight is 224 g/mol. The zero-order valence-electron chi connectivity index (χ0n) is 11.0. The van der Waals surface area contributed by atoms with Crippen LogP contribution in [0.1, 0.15) is 31.1 Å². The fourth-order valence-electron chi connectivity index (χ4n) is 0.728. The minimum absolute atomic E-state index is 0.707. The first-order valence-corrected chi connectivity index (χ1v) is 5.66. The maximum atomic E-state index is 10.2. The first kappa shape index (κ1) is 17.1. The summed E-state index contributed by atoms with van der Waals surface area (Å²) >= 11 is 0. The van der Waals surface area contributed by atoms with Crippen molar-refractivity contribution in [1.29, 1.82) is 0 Å². The topological polar surface area (TPSA) is 41.1 Å². The summed E-state index contributed by atoms with van der Waals surface area (Å²) < 4.78 is 0. The highest BCUT2D eigenvalue weighted by Gasteiger charge is 1.87. The Balaban J connectivity index is 0. The zero-order chi connectivity index (χ0) is 12.8. The second kappa shape index (κ2) is 13.7. The van der Waals surface area contributed by atoms with E-state index in [-0.39, 0.29) is 0 Å². The number of benzene rings is 1. The molecule has 2 N–H and O–H groups in total. The molecule has 1 aromatic rings. The van der Waals surface area contributed by atoms with Crippen LogP contribution in [0.2, 0.25) is 0 Å². The summed E-state index contributed by atoms with van der Waals surface area (Å²) in [5, 5.41) is 5.89. The molecule has 3 heteroatoms. The Morgan fingerprint density at radius 3 is 1.81 bits per heavy atom. The molecule has 0 radical (unpaired) electrons. The van der Waals surface area contributed by atoms with E-state index >= 15 is 0 Å². The summed E-state index contributed by atoms with van der Waals surface area (Å²) in [6.45, 7) is 7.14.